The summed E-state index contributed by atoms with van der Waals surface area (Å²) in [5.41, 5.74) is 6.81. The molecule has 0 spiro atoms. The lowest BCUT2D eigenvalue weighted by Crippen LogP contribution is -2.46. The lowest BCUT2D eigenvalue weighted by atomic mass is 10.1. The van der Waals surface area contributed by atoms with Crippen molar-refractivity contribution < 1.29 is 0 Å². The minimum absolute atomic E-state index is 0.361. The minimum atomic E-state index is 0.361. The highest BCUT2D eigenvalue weighted by Gasteiger charge is 2.17. The SMILES string of the molecule is CC(C)Nc1cc2cc(c1)Nc1nccc(n1)-c1ccc(cc1)CN(C)CCCCCN1CCN(CC1)C2. The number of nitrogens with zero attached hydrogens (tertiary/aromatic N) is 5. The van der Waals surface area contributed by atoms with E-state index < -0.39 is 0 Å². The molecule has 3 aromatic rings. The van der Waals surface area contributed by atoms with Gasteiger partial charge in [-0.1, -0.05) is 30.7 Å². The largest absolute Gasteiger partial charge is 0.383 e. The Balaban J connectivity index is 1.41. The van der Waals surface area contributed by atoms with Crippen molar-refractivity contribution in [1.82, 2.24) is 24.7 Å². The monoisotopic (exact) mass is 513 g/mol. The maximum absolute atomic E-state index is 4.85. The predicted octanol–water partition coefficient (Wildman–Crippen LogP) is 5.44. The van der Waals surface area contributed by atoms with Gasteiger partial charge in [-0.25, -0.2) is 9.97 Å². The van der Waals surface area contributed by atoms with Gasteiger partial charge < -0.3 is 20.4 Å². The van der Waals surface area contributed by atoms with E-state index in [9.17, 15) is 0 Å². The molecule has 2 aromatic carbocycles. The molecule has 8 bridgehead atoms. The number of rotatable bonds is 2. The average molecular weight is 514 g/mol. The van der Waals surface area contributed by atoms with Gasteiger partial charge in [0.05, 0.1) is 5.69 Å². The van der Waals surface area contributed by atoms with Gasteiger partial charge in [-0.2, -0.15) is 0 Å². The van der Waals surface area contributed by atoms with Crippen LogP contribution in [-0.2, 0) is 13.1 Å². The van der Waals surface area contributed by atoms with Gasteiger partial charge in [0.1, 0.15) is 0 Å². The molecule has 5 aliphatic rings. The highest BCUT2D eigenvalue weighted by Crippen LogP contribution is 2.25. The molecule has 1 saturated heterocycles. The van der Waals surface area contributed by atoms with Crippen molar-refractivity contribution in [2.75, 3.05) is 56.9 Å². The Morgan fingerprint density at radius 3 is 2.34 bits per heavy atom. The van der Waals surface area contributed by atoms with Gasteiger partial charge in [-0.05, 0) is 82.2 Å². The fourth-order valence-corrected chi connectivity index (χ4v) is 5.48. The van der Waals surface area contributed by atoms with Gasteiger partial charge in [0.25, 0.3) is 0 Å². The zero-order valence-corrected chi connectivity index (χ0v) is 23.3. The topological polar surface area (TPSA) is 59.6 Å². The molecular weight excluding hydrogens is 470 g/mol. The molecule has 0 aliphatic carbocycles. The first kappa shape index (κ1) is 26.6. The maximum atomic E-state index is 4.85. The summed E-state index contributed by atoms with van der Waals surface area (Å²) in [6, 6.07) is 17.8. The Hall–Kier alpha value is -3.00. The molecule has 5 aliphatic heterocycles. The predicted molar refractivity (Wildman–Crippen MR) is 158 cm³/mol. The molecule has 2 N–H and O–H groups in total. The Labute approximate surface area is 228 Å². The van der Waals surface area contributed by atoms with Crippen LogP contribution in [0, 0.1) is 0 Å². The Morgan fingerprint density at radius 1 is 0.789 bits per heavy atom. The fourth-order valence-electron chi connectivity index (χ4n) is 5.48. The number of piperazine rings is 1. The molecule has 6 heterocycles. The molecule has 7 heteroatoms. The van der Waals surface area contributed by atoms with Crippen molar-refractivity contribution in [3.63, 3.8) is 0 Å². The number of anilines is 3. The number of hydrogen-bond donors (Lipinski definition) is 2. The summed E-state index contributed by atoms with van der Waals surface area (Å²) in [4.78, 5) is 17.0. The molecule has 0 amide bonds. The third kappa shape index (κ3) is 7.53. The van der Waals surface area contributed by atoms with Crippen LogP contribution in [0.5, 0.6) is 0 Å². The van der Waals surface area contributed by atoms with E-state index in [-0.39, 0.29) is 0 Å². The first-order valence-electron chi connectivity index (χ1n) is 14.2. The van der Waals surface area contributed by atoms with Crippen LogP contribution < -0.4 is 10.6 Å². The Bertz CT molecular complexity index is 1170. The summed E-state index contributed by atoms with van der Waals surface area (Å²) in [5, 5.41) is 7.08. The van der Waals surface area contributed by atoms with Crippen LogP contribution in [0.4, 0.5) is 17.3 Å². The van der Waals surface area contributed by atoms with Crippen molar-refractivity contribution in [3.05, 3.63) is 65.9 Å². The molecule has 1 aromatic heterocycles. The molecule has 7 nitrogen and oxygen atoms in total. The summed E-state index contributed by atoms with van der Waals surface area (Å²) in [6.45, 7) is 13.2. The number of benzene rings is 2. The van der Waals surface area contributed by atoms with Gasteiger partial charge >= 0.3 is 0 Å². The Kier molecular flexibility index (Phi) is 8.89. The van der Waals surface area contributed by atoms with Gasteiger partial charge in [-0.15, -0.1) is 0 Å². The smallest absolute Gasteiger partial charge is 0.227 e. The molecular formula is C31H43N7. The van der Waals surface area contributed by atoms with Crippen LogP contribution in [-0.4, -0.2) is 77.0 Å². The highest BCUT2D eigenvalue weighted by molar-refractivity contribution is 5.65. The second-order valence-corrected chi connectivity index (χ2v) is 11.2. The van der Waals surface area contributed by atoms with Crippen LogP contribution in [0.25, 0.3) is 11.3 Å². The van der Waals surface area contributed by atoms with Crippen molar-refractivity contribution in [1.29, 1.82) is 0 Å². The van der Waals surface area contributed by atoms with E-state index in [1.807, 2.05) is 12.3 Å². The maximum Gasteiger partial charge on any atom is 0.227 e. The minimum Gasteiger partial charge on any atom is -0.383 e. The highest BCUT2D eigenvalue weighted by atomic mass is 15.3. The third-order valence-corrected chi connectivity index (χ3v) is 7.45. The number of nitrogens with one attached hydrogen (secondary N) is 2. The summed E-state index contributed by atoms with van der Waals surface area (Å²) >= 11 is 0. The number of aromatic nitrogens is 2. The zero-order valence-electron chi connectivity index (χ0n) is 23.3. The van der Waals surface area contributed by atoms with Crippen LogP contribution in [0.3, 0.4) is 0 Å². The van der Waals surface area contributed by atoms with Gasteiger partial charge in [-0.3, -0.25) is 4.90 Å². The lowest BCUT2D eigenvalue weighted by molar-refractivity contribution is 0.125. The lowest BCUT2D eigenvalue weighted by Gasteiger charge is -2.35. The normalized spacial score (nSPS) is 21.3. The first-order chi connectivity index (χ1) is 18.5. The van der Waals surface area contributed by atoms with Crippen molar-refractivity contribution in [2.24, 2.45) is 0 Å². The number of hydrogen-bond acceptors (Lipinski definition) is 7. The Morgan fingerprint density at radius 2 is 1.55 bits per heavy atom. The molecule has 0 atom stereocenters. The second-order valence-electron chi connectivity index (χ2n) is 11.2. The summed E-state index contributed by atoms with van der Waals surface area (Å²) < 4.78 is 0. The van der Waals surface area contributed by atoms with E-state index in [4.69, 9.17) is 4.98 Å². The van der Waals surface area contributed by atoms with Gasteiger partial charge in [0.15, 0.2) is 0 Å². The van der Waals surface area contributed by atoms with E-state index in [1.165, 1.54) is 36.9 Å². The second kappa shape index (κ2) is 12.7. The zero-order chi connectivity index (χ0) is 26.3. The average Bonchev–Trinajstić information content (AvgIpc) is 2.89. The standard InChI is InChI=1S/C31H43N7/c1-24(2)33-28-19-26-20-29(21-28)34-31-32-12-11-30(35-31)27-9-7-25(8-10-27)22-36(3)13-5-4-6-14-37-15-17-38(23-26)18-16-37/h7-12,19-21,24,33H,4-6,13-18,22-23H2,1-3H3,(H,32,34,35). The van der Waals surface area contributed by atoms with Crippen LogP contribution >= 0.6 is 0 Å². The fraction of sp³-hybridized carbons (Fsp3) is 0.484. The molecule has 202 valence electrons. The van der Waals surface area contributed by atoms with E-state index in [0.717, 1.165) is 68.4 Å². The van der Waals surface area contributed by atoms with Crippen molar-refractivity contribution in [3.8, 4) is 11.3 Å². The van der Waals surface area contributed by atoms with E-state index in [2.05, 4.69) is 93.7 Å². The van der Waals surface area contributed by atoms with E-state index >= 15 is 0 Å². The molecule has 38 heavy (non-hydrogen) atoms. The first-order valence-corrected chi connectivity index (χ1v) is 14.2. The third-order valence-electron chi connectivity index (χ3n) is 7.45. The molecule has 0 unspecified atom stereocenters. The van der Waals surface area contributed by atoms with Gasteiger partial charge in [0, 0.05) is 68.4 Å². The molecule has 0 saturated carbocycles. The van der Waals surface area contributed by atoms with Crippen LogP contribution in [0.15, 0.2) is 54.7 Å². The summed E-state index contributed by atoms with van der Waals surface area (Å²) in [5.74, 6) is 0.617. The molecule has 0 radical (unpaired) electrons. The van der Waals surface area contributed by atoms with Crippen molar-refractivity contribution >= 4 is 17.3 Å². The van der Waals surface area contributed by atoms with Gasteiger partial charge in [0.2, 0.25) is 5.95 Å². The van der Waals surface area contributed by atoms with E-state index in [0.29, 0.717) is 12.0 Å². The molecule has 1 fully saturated rings. The molecule has 8 rings (SSSR count). The van der Waals surface area contributed by atoms with Crippen LogP contribution in [0.1, 0.15) is 44.2 Å². The van der Waals surface area contributed by atoms with Crippen LogP contribution in [0.2, 0.25) is 0 Å². The quantitative estimate of drug-likeness (QED) is 0.473. The summed E-state index contributed by atoms with van der Waals surface area (Å²) in [6.07, 6.45) is 5.68. The van der Waals surface area contributed by atoms with E-state index in [1.54, 1.807) is 0 Å². The van der Waals surface area contributed by atoms with Crippen molar-refractivity contribution in [2.45, 2.75) is 52.2 Å². The summed E-state index contributed by atoms with van der Waals surface area (Å²) in [7, 11) is 2.23.